The number of ether oxygens (including phenoxy) is 1. The SMILES string of the molecule is COc1ccccc1-c1nnc2n1N=C(c1cc(F)c(C)c([N+](=O)[O-])c1)CS2. The fourth-order valence-electron chi connectivity index (χ4n) is 2.89. The van der Waals surface area contributed by atoms with Crippen LogP contribution in [0.2, 0.25) is 0 Å². The number of aromatic nitrogens is 3. The molecule has 2 aromatic carbocycles. The van der Waals surface area contributed by atoms with Crippen LogP contribution in [0.1, 0.15) is 11.1 Å². The summed E-state index contributed by atoms with van der Waals surface area (Å²) in [5.41, 5.74) is 1.28. The van der Waals surface area contributed by atoms with E-state index in [9.17, 15) is 14.5 Å². The summed E-state index contributed by atoms with van der Waals surface area (Å²) in [6.07, 6.45) is 0. The van der Waals surface area contributed by atoms with Gasteiger partial charge in [0.25, 0.3) is 5.69 Å². The van der Waals surface area contributed by atoms with Crippen LogP contribution >= 0.6 is 11.8 Å². The molecule has 0 saturated carbocycles. The Balaban J connectivity index is 1.84. The number of hydrogen-bond donors (Lipinski definition) is 0. The highest BCUT2D eigenvalue weighted by Crippen LogP contribution is 2.33. The van der Waals surface area contributed by atoms with Gasteiger partial charge in [0.1, 0.15) is 11.6 Å². The minimum atomic E-state index is -0.642. The molecule has 0 aliphatic carbocycles. The van der Waals surface area contributed by atoms with Gasteiger partial charge < -0.3 is 4.74 Å². The van der Waals surface area contributed by atoms with Gasteiger partial charge in [0.05, 0.1) is 28.9 Å². The molecule has 0 bridgehead atoms. The molecule has 4 rings (SSSR count). The van der Waals surface area contributed by atoms with Crippen molar-refractivity contribution in [1.82, 2.24) is 14.9 Å². The third-order valence-corrected chi connectivity index (χ3v) is 5.30. The minimum Gasteiger partial charge on any atom is -0.496 e. The highest BCUT2D eigenvalue weighted by molar-refractivity contribution is 7.99. The van der Waals surface area contributed by atoms with Gasteiger partial charge in [-0.05, 0) is 25.1 Å². The van der Waals surface area contributed by atoms with Crippen molar-refractivity contribution >= 4 is 23.2 Å². The number of nitro benzene ring substituents is 1. The van der Waals surface area contributed by atoms with Crippen LogP contribution in [0, 0.1) is 22.9 Å². The van der Waals surface area contributed by atoms with E-state index in [4.69, 9.17) is 4.74 Å². The summed E-state index contributed by atoms with van der Waals surface area (Å²) in [6.45, 7) is 1.38. The molecular weight excluding hydrogens is 385 g/mol. The molecule has 0 spiro atoms. The average Bonchev–Trinajstić information content (AvgIpc) is 3.12. The van der Waals surface area contributed by atoms with Crippen molar-refractivity contribution in [1.29, 1.82) is 0 Å². The van der Waals surface area contributed by atoms with E-state index in [1.807, 2.05) is 18.2 Å². The molecular formula is C18H14FN5O3S. The molecule has 1 aromatic heterocycles. The summed E-state index contributed by atoms with van der Waals surface area (Å²) in [6, 6.07) is 9.93. The van der Waals surface area contributed by atoms with Gasteiger partial charge in [-0.1, -0.05) is 23.9 Å². The lowest BCUT2D eigenvalue weighted by Gasteiger charge is -2.15. The summed E-state index contributed by atoms with van der Waals surface area (Å²) < 4.78 is 21.1. The number of nitrogens with zero attached hydrogens (tertiary/aromatic N) is 5. The van der Waals surface area contributed by atoms with Crippen molar-refractivity contribution in [2.24, 2.45) is 5.10 Å². The Kier molecular flexibility index (Phi) is 4.55. The molecule has 1 aliphatic rings. The van der Waals surface area contributed by atoms with Crippen molar-refractivity contribution in [3.8, 4) is 17.1 Å². The summed E-state index contributed by atoms with van der Waals surface area (Å²) in [5, 5.41) is 24.7. The standard InChI is InChI=1S/C18H14FN5O3S/c1-10-13(19)7-11(8-15(10)24(25)26)14-9-28-18-21-20-17(23(18)22-14)12-5-3-4-6-16(12)27-2/h3-8H,9H2,1-2H3. The van der Waals surface area contributed by atoms with Gasteiger partial charge in [0.2, 0.25) is 5.16 Å². The molecule has 142 valence electrons. The van der Waals surface area contributed by atoms with Crippen LogP contribution in [0.15, 0.2) is 46.7 Å². The van der Waals surface area contributed by atoms with E-state index in [0.717, 1.165) is 0 Å². The summed E-state index contributed by atoms with van der Waals surface area (Å²) in [4.78, 5) is 10.6. The zero-order chi connectivity index (χ0) is 19.8. The quantitative estimate of drug-likeness (QED) is 0.491. The summed E-state index contributed by atoms with van der Waals surface area (Å²) in [5.74, 6) is 0.835. The fourth-order valence-corrected chi connectivity index (χ4v) is 3.73. The summed E-state index contributed by atoms with van der Waals surface area (Å²) in [7, 11) is 1.56. The monoisotopic (exact) mass is 399 g/mol. The maximum atomic E-state index is 14.2. The largest absolute Gasteiger partial charge is 0.496 e. The van der Waals surface area contributed by atoms with E-state index in [0.29, 0.717) is 39.3 Å². The van der Waals surface area contributed by atoms with Crippen LogP contribution in [-0.4, -0.2) is 38.4 Å². The average molecular weight is 399 g/mol. The van der Waals surface area contributed by atoms with Crippen LogP contribution < -0.4 is 4.74 Å². The number of para-hydroxylation sites is 1. The van der Waals surface area contributed by atoms with Crippen molar-refractivity contribution in [2.75, 3.05) is 12.9 Å². The van der Waals surface area contributed by atoms with E-state index in [1.54, 1.807) is 17.9 Å². The number of hydrogen-bond acceptors (Lipinski definition) is 7. The van der Waals surface area contributed by atoms with Crippen LogP contribution in [0.3, 0.4) is 0 Å². The molecule has 10 heteroatoms. The molecule has 0 saturated heterocycles. The Bertz CT molecular complexity index is 1130. The predicted octanol–water partition coefficient (Wildman–Crippen LogP) is 3.67. The Labute approximate surface area is 163 Å². The first kappa shape index (κ1) is 18.1. The Morgan fingerprint density at radius 2 is 2.07 bits per heavy atom. The maximum absolute atomic E-state index is 14.2. The Hall–Kier alpha value is -3.27. The molecule has 0 N–H and O–H groups in total. The molecule has 8 nitrogen and oxygen atoms in total. The second-order valence-electron chi connectivity index (χ2n) is 6.01. The lowest BCUT2D eigenvalue weighted by atomic mass is 10.1. The number of rotatable bonds is 4. The molecule has 0 unspecified atom stereocenters. The van der Waals surface area contributed by atoms with E-state index in [-0.39, 0.29) is 11.3 Å². The zero-order valence-corrected chi connectivity index (χ0v) is 15.7. The second kappa shape index (κ2) is 7.04. The topological polar surface area (TPSA) is 95.4 Å². The normalized spacial score (nSPS) is 13.0. The number of thioether (sulfide) groups is 1. The second-order valence-corrected chi connectivity index (χ2v) is 6.96. The molecule has 0 amide bonds. The molecule has 0 radical (unpaired) electrons. The molecule has 0 fully saturated rings. The third-order valence-electron chi connectivity index (χ3n) is 4.37. The molecule has 28 heavy (non-hydrogen) atoms. The van der Waals surface area contributed by atoms with E-state index in [2.05, 4.69) is 15.3 Å². The number of nitro groups is 1. The van der Waals surface area contributed by atoms with Crippen LogP contribution in [0.4, 0.5) is 10.1 Å². The van der Waals surface area contributed by atoms with Gasteiger partial charge in [0, 0.05) is 17.4 Å². The number of benzene rings is 2. The third kappa shape index (κ3) is 3.01. The van der Waals surface area contributed by atoms with Crippen LogP contribution in [0.25, 0.3) is 11.4 Å². The lowest BCUT2D eigenvalue weighted by molar-refractivity contribution is -0.385. The molecule has 2 heterocycles. The first-order valence-electron chi connectivity index (χ1n) is 8.24. The highest BCUT2D eigenvalue weighted by atomic mass is 32.2. The molecule has 1 aliphatic heterocycles. The number of halogens is 1. The van der Waals surface area contributed by atoms with Crippen LogP contribution in [0.5, 0.6) is 5.75 Å². The highest BCUT2D eigenvalue weighted by Gasteiger charge is 2.25. The van der Waals surface area contributed by atoms with Crippen molar-refractivity contribution in [3.05, 3.63) is 63.5 Å². The molecule has 3 aromatic rings. The smallest absolute Gasteiger partial charge is 0.275 e. The fraction of sp³-hybridized carbons (Fsp3) is 0.167. The van der Waals surface area contributed by atoms with Crippen molar-refractivity contribution < 1.29 is 14.1 Å². The van der Waals surface area contributed by atoms with Crippen molar-refractivity contribution in [3.63, 3.8) is 0 Å². The van der Waals surface area contributed by atoms with Gasteiger partial charge in [-0.2, -0.15) is 9.78 Å². The van der Waals surface area contributed by atoms with Gasteiger partial charge in [-0.25, -0.2) is 4.39 Å². The van der Waals surface area contributed by atoms with E-state index < -0.39 is 10.7 Å². The van der Waals surface area contributed by atoms with E-state index in [1.165, 1.54) is 30.8 Å². The van der Waals surface area contributed by atoms with Gasteiger partial charge in [-0.3, -0.25) is 10.1 Å². The van der Waals surface area contributed by atoms with Gasteiger partial charge in [0.15, 0.2) is 5.82 Å². The number of methoxy groups -OCH3 is 1. The molecule has 0 atom stereocenters. The Morgan fingerprint density at radius 3 is 2.82 bits per heavy atom. The van der Waals surface area contributed by atoms with E-state index >= 15 is 0 Å². The lowest BCUT2D eigenvalue weighted by Crippen LogP contribution is -2.15. The van der Waals surface area contributed by atoms with Crippen molar-refractivity contribution in [2.45, 2.75) is 12.1 Å². The first-order chi connectivity index (χ1) is 13.5. The van der Waals surface area contributed by atoms with Crippen LogP contribution in [-0.2, 0) is 0 Å². The Morgan fingerprint density at radius 1 is 1.29 bits per heavy atom. The predicted molar refractivity (Wildman–Crippen MR) is 102 cm³/mol. The maximum Gasteiger partial charge on any atom is 0.275 e. The zero-order valence-electron chi connectivity index (χ0n) is 14.9. The van der Waals surface area contributed by atoms with Gasteiger partial charge >= 0.3 is 0 Å². The minimum absolute atomic E-state index is 0.00231. The van der Waals surface area contributed by atoms with Gasteiger partial charge in [-0.15, -0.1) is 10.2 Å². The first-order valence-corrected chi connectivity index (χ1v) is 9.22. The number of fused-ring (bicyclic) bond motifs is 1. The summed E-state index contributed by atoms with van der Waals surface area (Å²) >= 11 is 1.37.